The zero-order valence-electron chi connectivity index (χ0n) is 15.0. The molecule has 23 heavy (non-hydrogen) atoms. The molecule has 8 heteroatoms. The lowest BCUT2D eigenvalue weighted by Gasteiger charge is -2.27. The van der Waals surface area contributed by atoms with Crippen LogP contribution in [-0.2, 0) is 28.2 Å². The first-order valence-corrected chi connectivity index (χ1v) is 9.69. The highest BCUT2D eigenvalue weighted by Crippen LogP contribution is 2.48. The number of hydrogen-bond acceptors (Lipinski definition) is 6. The minimum atomic E-state index is -3.41. The van der Waals surface area contributed by atoms with Crippen LogP contribution in [0.3, 0.4) is 0 Å². The summed E-state index contributed by atoms with van der Waals surface area (Å²) in [7, 11) is -3.41. The summed E-state index contributed by atoms with van der Waals surface area (Å²) in [4.78, 5) is 23.5. The molecule has 136 valence electrons. The van der Waals surface area contributed by atoms with Gasteiger partial charge in [0.1, 0.15) is 6.04 Å². The fourth-order valence-corrected chi connectivity index (χ4v) is 3.43. The normalized spacial score (nSPS) is 15.3. The van der Waals surface area contributed by atoms with Crippen molar-refractivity contribution in [3.8, 4) is 0 Å². The SMILES string of the molecule is CCOC(=O)COP(=O)(N[C@@H](CC(C)C)C(=O)OCC)C(C)C. The maximum atomic E-state index is 13.0. The third-order valence-corrected chi connectivity index (χ3v) is 5.52. The van der Waals surface area contributed by atoms with Crippen LogP contribution in [0.15, 0.2) is 0 Å². The van der Waals surface area contributed by atoms with Crippen LogP contribution >= 0.6 is 7.52 Å². The van der Waals surface area contributed by atoms with Gasteiger partial charge in [-0.1, -0.05) is 27.7 Å². The van der Waals surface area contributed by atoms with Gasteiger partial charge in [0.05, 0.1) is 13.2 Å². The Morgan fingerprint density at radius 1 is 1.04 bits per heavy atom. The molecule has 0 aromatic heterocycles. The van der Waals surface area contributed by atoms with Crippen molar-refractivity contribution in [2.24, 2.45) is 5.92 Å². The van der Waals surface area contributed by atoms with Crippen molar-refractivity contribution < 1.29 is 28.2 Å². The molecule has 0 saturated heterocycles. The zero-order valence-corrected chi connectivity index (χ0v) is 15.9. The molecule has 1 N–H and O–H groups in total. The smallest absolute Gasteiger partial charge is 0.332 e. The first-order valence-electron chi connectivity index (χ1n) is 8.00. The van der Waals surface area contributed by atoms with Crippen molar-refractivity contribution in [2.75, 3.05) is 19.8 Å². The van der Waals surface area contributed by atoms with E-state index < -0.39 is 37.8 Å². The fourth-order valence-electron chi connectivity index (χ4n) is 1.82. The molecule has 0 heterocycles. The number of nitrogens with one attached hydrogen (secondary N) is 1. The molecule has 0 aliphatic rings. The van der Waals surface area contributed by atoms with E-state index in [1.54, 1.807) is 27.7 Å². The molecule has 0 aliphatic heterocycles. The first-order chi connectivity index (χ1) is 10.7. The quantitative estimate of drug-likeness (QED) is 0.452. The van der Waals surface area contributed by atoms with Gasteiger partial charge in [-0.05, 0) is 26.2 Å². The minimum absolute atomic E-state index is 0.197. The van der Waals surface area contributed by atoms with Crippen LogP contribution in [0.4, 0.5) is 0 Å². The molecule has 1 unspecified atom stereocenters. The summed E-state index contributed by atoms with van der Waals surface area (Å²) < 4.78 is 28.1. The van der Waals surface area contributed by atoms with E-state index in [2.05, 4.69) is 5.09 Å². The van der Waals surface area contributed by atoms with Gasteiger partial charge in [0.25, 0.3) is 7.52 Å². The van der Waals surface area contributed by atoms with Crippen LogP contribution < -0.4 is 5.09 Å². The van der Waals surface area contributed by atoms with Crippen LogP contribution in [0.2, 0.25) is 0 Å². The maximum absolute atomic E-state index is 13.0. The van der Waals surface area contributed by atoms with Crippen LogP contribution in [0.1, 0.15) is 48.0 Å². The number of ether oxygens (including phenoxy) is 2. The maximum Gasteiger partial charge on any atom is 0.332 e. The lowest BCUT2D eigenvalue weighted by atomic mass is 10.1. The average Bonchev–Trinajstić information content (AvgIpc) is 2.44. The van der Waals surface area contributed by atoms with E-state index in [9.17, 15) is 14.2 Å². The van der Waals surface area contributed by atoms with Crippen LogP contribution in [0, 0.1) is 5.92 Å². The topological polar surface area (TPSA) is 90.9 Å². The highest BCUT2D eigenvalue weighted by Gasteiger charge is 2.35. The molecule has 0 aromatic carbocycles. The fraction of sp³-hybridized carbons (Fsp3) is 0.867. The summed E-state index contributed by atoms with van der Waals surface area (Å²) in [5, 5.41) is 2.79. The van der Waals surface area contributed by atoms with E-state index in [1.165, 1.54) is 0 Å². The van der Waals surface area contributed by atoms with E-state index in [0.29, 0.717) is 6.42 Å². The van der Waals surface area contributed by atoms with Crippen molar-refractivity contribution in [1.82, 2.24) is 5.09 Å². The third kappa shape index (κ3) is 8.49. The molecule has 0 bridgehead atoms. The number of carbonyl (C=O) groups excluding carboxylic acids is 2. The summed E-state index contributed by atoms with van der Waals surface area (Å²) in [5.74, 6) is -0.865. The summed E-state index contributed by atoms with van der Waals surface area (Å²) in [6.07, 6.45) is 0.457. The minimum Gasteiger partial charge on any atom is -0.465 e. The van der Waals surface area contributed by atoms with Gasteiger partial charge < -0.3 is 14.0 Å². The average molecular weight is 351 g/mol. The second-order valence-electron chi connectivity index (χ2n) is 5.83. The monoisotopic (exact) mass is 351 g/mol. The van der Waals surface area contributed by atoms with Crippen molar-refractivity contribution >= 4 is 19.5 Å². The molecule has 0 spiro atoms. The lowest BCUT2D eigenvalue weighted by Crippen LogP contribution is -2.39. The molecule has 0 aliphatic carbocycles. The molecule has 7 nitrogen and oxygen atoms in total. The summed E-state index contributed by atoms with van der Waals surface area (Å²) in [6, 6.07) is -0.745. The predicted octanol–water partition coefficient (Wildman–Crippen LogP) is 2.74. The third-order valence-electron chi connectivity index (χ3n) is 2.97. The van der Waals surface area contributed by atoms with E-state index >= 15 is 0 Å². The molecule has 0 rings (SSSR count). The van der Waals surface area contributed by atoms with E-state index in [4.69, 9.17) is 14.0 Å². The van der Waals surface area contributed by atoms with Gasteiger partial charge in [0, 0.05) is 5.66 Å². The predicted molar refractivity (Wildman–Crippen MR) is 88.3 cm³/mol. The van der Waals surface area contributed by atoms with Crippen molar-refractivity contribution in [3.63, 3.8) is 0 Å². The highest BCUT2D eigenvalue weighted by atomic mass is 31.2. The Kier molecular flexibility index (Phi) is 10.4. The van der Waals surface area contributed by atoms with Crippen molar-refractivity contribution in [2.45, 2.75) is 59.7 Å². The Bertz CT molecular complexity index is 424. The van der Waals surface area contributed by atoms with Gasteiger partial charge >= 0.3 is 11.9 Å². The van der Waals surface area contributed by atoms with Gasteiger partial charge in [-0.15, -0.1) is 0 Å². The molecule has 0 saturated carbocycles. The van der Waals surface area contributed by atoms with Gasteiger partial charge in [0.15, 0.2) is 6.61 Å². The highest BCUT2D eigenvalue weighted by molar-refractivity contribution is 7.57. The van der Waals surface area contributed by atoms with Crippen LogP contribution in [-0.4, -0.2) is 43.5 Å². The van der Waals surface area contributed by atoms with E-state index in [-0.39, 0.29) is 19.1 Å². The Labute approximate surface area is 138 Å². The number of rotatable bonds is 11. The molecule has 0 aromatic rings. The summed E-state index contributed by atoms with van der Waals surface area (Å²) in [5.41, 5.74) is -0.402. The standard InChI is InChI=1S/C15H30NO6P/c1-7-20-14(17)10-22-23(19,12(5)6)16-13(9-11(3)4)15(18)21-8-2/h11-13H,7-10H2,1-6H3,(H,16,19)/t13-,23?/m0/s1. The molecule has 0 radical (unpaired) electrons. The number of esters is 2. The van der Waals surface area contributed by atoms with Crippen molar-refractivity contribution in [1.29, 1.82) is 0 Å². The number of hydrogen-bond donors (Lipinski definition) is 1. The van der Waals surface area contributed by atoms with Gasteiger partial charge in [-0.25, -0.2) is 9.88 Å². The molecular weight excluding hydrogens is 321 g/mol. The molecule has 0 amide bonds. The second-order valence-corrected chi connectivity index (χ2v) is 8.58. The van der Waals surface area contributed by atoms with Gasteiger partial charge in [-0.2, -0.15) is 0 Å². The van der Waals surface area contributed by atoms with E-state index in [1.807, 2.05) is 13.8 Å². The zero-order chi connectivity index (χ0) is 18.0. The van der Waals surface area contributed by atoms with E-state index in [0.717, 1.165) is 0 Å². The Balaban J connectivity index is 5.05. The van der Waals surface area contributed by atoms with Crippen molar-refractivity contribution in [3.05, 3.63) is 0 Å². The largest absolute Gasteiger partial charge is 0.465 e. The summed E-state index contributed by atoms with van der Waals surface area (Å²) >= 11 is 0. The van der Waals surface area contributed by atoms with Crippen LogP contribution in [0.25, 0.3) is 0 Å². The first kappa shape index (κ1) is 22.1. The van der Waals surface area contributed by atoms with Crippen LogP contribution in [0.5, 0.6) is 0 Å². The Morgan fingerprint density at radius 3 is 2.04 bits per heavy atom. The molecule has 0 fully saturated rings. The molecular formula is C15H30NO6P. The van der Waals surface area contributed by atoms with Gasteiger partial charge in [0.2, 0.25) is 0 Å². The second kappa shape index (κ2) is 10.8. The molecule has 2 atom stereocenters. The van der Waals surface area contributed by atoms with Gasteiger partial charge in [-0.3, -0.25) is 9.36 Å². The Morgan fingerprint density at radius 2 is 1.61 bits per heavy atom. The lowest BCUT2D eigenvalue weighted by molar-refractivity contribution is -0.145. The number of carbonyl (C=O) groups is 2. The summed E-state index contributed by atoms with van der Waals surface area (Å²) in [6.45, 7) is 10.7. The Hall–Kier alpha value is -0.910.